The third kappa shape index (κ3) is 3.16. The van der Waals surface area contributed by atoms with E-state index in [0.29, 0.717) is 0 Å². The Morgan fingerprint density at radius 2 is 2.22 bits per heavy atom. The zero-order chi connectivity index (χ0) is 13.2. The van der Waals surface area contributed by atoms with Crippen LogP contribution in [0.2, 0.25) is 0 Å². The smallest absolute Gasteiger partial charge is 0.165 e. The van der Waals surface area contributed by atoms with Crippen LogP contribution in [0, 0.1) is 11.2 Å². The third-order valence-corrected chi connectivity index (χ3v) is 4.08. The lowest BCUT2D eigenvalue weighted by atomic mass is 9.97. The van der Waals surface area contributed by atoms with Gasteiger partial charge in [-0.05, 0) is 17.5 Å². The van der Waals surface area contributed by atoms with Crippen LogP contribution in [0.4, 0.5) is 10.1 Å². The van der Waals surface area contributed by atoms with Crippen molar-refractivity contribution in [3.05, 3.63) is 24.0 Å². The highest BCUT2D eigenvalue weighted by Crippen LogP contribution is 2.29. The fourth-order valence-electron chi connectivity index (χ4n) is 1.58. The van der Waals surface area contributed by atoms with E-state index < -0.39 is 0 Å². The summed E-state index contributed by atoms with van der Waals surface area (Å²) in [5.41, 5.74) is 1.04. The zero-order valence-corrected chi connectivity index (χ0v) is 11.6. The molecule has 0 saturated carbocycles. The molecule has 0 fully saturated rings. The molecule has 0 radical (unpaired) electrons. The molecule has 0 aromatic heterocycles. The van der Waals surface area contributed by atoms with E-state index in [4.69, 9.17) is 4.74 Å². The van der Waals surface area contributed by atoms with E-state index in [2.05, 4.69) is 24.2 Å². The van der Waals surface area contributed by atoms with Crippen molar-refractivity contribution in [2.75, 3.05) is 24.7 Å². The highest BCUT2D eigenvalue weighted by molar-refractivity contribution is 8.14. The van der Waals surface area contributed by atoms with Crippen molar-refractivity contribution in [3.8, 4) is 5.75 Å². The van der Waals surface area contributed by atoms with Crippen LogP contribution in [0.5, 0.6) is 5.75 Å². The van der Waals surface area contributed by atoms with Crippen molar-refractivity contribution in [1.29, 1.82) is 0 Å². The van der Waals surface area contributed by atoms with E-state index in [1.807, 2.05) is 0 Å². The SMILES string of the molecule is COc1cc(NC2=NCC(C)(C)CS2)ccc1F. The van der Waals surface area contributed by atoms with Gasteiger partial charge in [0.1, 0.15) is 0 Å². The maximum atomic E-state index is 13.3. The summed E-state index contributed by atoms with van der Waals surface area (Å²) in [6.07, 6.45) is 0. The van der Waals surface area contributed by atoms with Gasteiger partial charge in [-0.1, -0.05) is 25.6 Å². The van der Waals surface area contributed by atoms with Crippen LogP contribution in [0.15, 0.2) is 23.2 Å². The van der Waals surface area contributed by atoms with Gasteiger partial charge in [-0.25, -0.2) is 4.39 Å². The van der Waals surface area contributed by atoms with Crippen molar-refractivity contribution in [1.82, 2.24) is 0 Å². The lowest BCUT2D eigenvalue weighted by molar-refractivity contribution is 0.387. The topological polar surface area (TPSA) is 33.6 Å². The molecule has 3 nitrogen and oxygen atoms in total. The number of nitrogens with one attached hydrogen (secondary N) is 1. The van der Waals surface area contributed by atoms with E-state index in [1.165, 1.54) is 13.2 Å². The average Bonchev–Trinajstić information content (AvgIpc) is 2.34. The number of hydrogen-bond donors (Lipinski definition) is 1. The van der Waals surface area contributed by atoms with Crippen LogP contribution in [0.3, 0.4) is 0 Å². The number of halogens is 1. The van der Waals surface area contributed by atoms with E-state index in [9.17, 15) is 4.39 Å². The van der Waals surface area contributed by atoms with Crippen LogP contribution in [0.25, 0.3) is 0 Å². The fraction of sp³-hybridized carbons (Fsp3) is 0.462. The maximum Gasteiger partial charge on any atom is 0.165 e. The molecule has 1 aliphatic heterocycles. The molecule has 18 heavy (non-hydrogen) atoms. The first-order chi connectivity index (χ1) is 8.50. The van der Waals surface area contributed by atoms with Gasteiger partial charge in [0.15, 0.2) is 16.7 Å². The average molecular weight is 268 g/mol. The number of ether oxygens (including phenoxy) is 1. The fourth-order valence-corrected chi connectivity index (χ4v) is 2.54. The van der Waals surface area contributed by atoms with Crippen molar-refractivity contribution in [2.24, 2.45) is 10.4 Å². The molecule has 5 heteroatoms. The summed E-state index contributed by atoms with van der Waals surface area (Å²) in [5.74, 6) is 0.904. The maximum absolute atomic E-state index is 13.3. The van der Waals surface area contributed by atoms with Crippen LogP contribution < -0.4 is 10.1 Å². The van der Waals surface area contributed by atoms with Gasteiger partial charge in [-0.15, -0.1) is 0 Å². The molecular weight excluding hydrogens is 251 g/mol. The Balaban J connectivity index is 2.08. The van der Waals surface area contributed by atoms with Crippen molar-refractivity contribution in [3.63, 3.8) is 0 Å². The molecule has 98 valence electrons. The van der Waals surface area contributed by atoms with E-state index in [0.717, 1.165) is 23.2 Å². The molecule has 0 aliphatic carbocycles. The van der Waals surface area contributed by atoms with Gasteiger partial charge in [0.05, 0.1) is 7.11 Å². The second-order valence-electron chi connectivity index (χ2n) is 5.05. The number of aliphatic imine (C=N–C) groups is 1. The molecule has 0 bridgehead atoms. The molecule has 0 spiro atoms. The first kappa shape index (κ1) is 13.2. The summed E-state index contributed by atoms with van der Waals surface area (Å²) in [6.45, 7) is 5.20. The molecule has 0 amide bonds. The van der Waals surface area contributed by atoms with Crippen molar-refractivity contribution < 1.29 is 9.13 Å². The Bertz CT molecular complexity index is 474. The molecule has 0 unspecified atom stereocenters. The van der Waals surface area contributed by atoms with Crippen LogP contribution in [0.1, 0.15) is 13.8 Å². The number of amidine groups is 1. The number of benzene rings is 1. The van der Waals surface area contributed by atoms with Gasteiger partial charge in [0, 0.05) is 24.1 Å². The zero-order valence-electron chi connectivity index (χ0n) is 10.8. The van der Waals surface area contributed by atoms with E-state index in [1.54, 1.807) is 23.9 Å². The minimum Gasteiger partial charge on any atom is -0.494 e. The van der Waals surface area contributed by atoms with Crippen LogP contribution in [-0.4, -0.2) is 24.6 Å². The van der Waals surface area contributed by atoms with Crippen LogP contribution >= 0.6 is 11.8 Å². The summed E-state index contributed by atoms with van der Waals surface area (Å²) in [6, 6.07) is 4.71. The molecule has 1 aromatic carbocycles. The predicted octanol–water partition coefficient (Wildman–Crippen LogP) is 3.38. The second-order valence-corrected chi connectivity index (χ2v) is 6.01. The number of rotatable bonds is 2. The molecular formula is C13H17FN2OS. The highest BCUT2D eigenvalue weighted by Gasteiger charge is 2.23. The number of hydrogen-bond acceptors (Lipinski definition) is 4. The predicted molar refractivity (Wildman–Crippen MR) is 75.1 cm³/mol. The molecule has 2 rings (SSSR count). The van der Waals surface area contributed by atoms with Crippen molar-refractivity contribution in [2.45, 2.75) is 13.8 Å². The first-order valence-corrected chi connectivity index (χ1v) is 6.76. The minimum atomic E-state index is -0.359. The summed E-state index contributed by atoms with van der Waals surface area (Å²) < 4.78 is 18.2. The van der Waals surface area contributed by atoms with Crippen molar-refractivity contribution >= 4 is 22.6 Å². The standard InChI is InChI=1S/C13H17FN2OS/c1-13(2)7-15-12(18-8-13)16-9-4-5-10(14)11(6-9)17-3/h4-6H,7-8H2,1-3H3,(H,15,16). The first-order valence-electron chi connectivity index (χ1n) is 5.78. The molecule has 1 aliphatic rings. The molecule has 0 saturated heterocycles. The number of nitrogens with zero attached hydrogens (tertiary/aromatic N) is 1. The lowest BCUT2D eigenvalue weighted by Crippen LogP contribution is -2.27. The summed E-state index contributed by atoms with van der Waals surface area (Å²) in [4.78, 5) is 4.49. The molecule has 0 atom stereocenters. The van der Waals surface area contributed by atoms with E-state index in [-0.39, 0.29) is 17.0 Å². The van der Waals surface area contributed by atoms with Gasteiger partial charge in [0.2, 0.25) is 0 Å². The second kappa shape index (κ2) is 5.18. The normalized spacial score (nSPS) is 18.1. The molecule has 1 aromatic rings. The van der Waals surface area contributed by atoms with Gasteiger partial charge >= 0.3 is 0 Å². The largest absolute Gasteiger partial charge is 0.494 e. The van der Waals surface area contributed by atoms with Gasteiger partial charge in [0.25, 0.3) is 0 Å². The van der Waals surface area contributed by atoms with Gasteiger partial charge in [-0.3, -0.25) is 4.99 Å². The Morgan fingerprint density at radius 3 is 2.83 bits per heavy atom. The summed E-state index contributed by atoms with van der Waals surface area (Å²) in [5, 5.41) is 4.06. The molecule has 1 N–H and O–H groups in total. The molecule has 1 heterocycles. The third-order valence-electron chi connectivity index (χ3n) is 2.65. The van der Waals surface area contributed by atoms with Gasteiger partial charge in [-0.2, -0.15) is 0 Å². The number of anilines is 1. The highest BCUT2D eigenvalue weighted by atomic mass is 32.2. The number of thioether (sulfide) groups is 1. The lowest BCUT2D eigenvalue weighted by Gasteiger charge is -2.27. The Hall–Kier alpha value is -1.23. The van der Waals surface area contributed by atoms with Crippen LogP contribution in [-0.2, 0) is 0 Å². The summed E-state index contributed by atoms with van der Waals surface area (Å²) in [7, 11) is 1.46. The quantitative estimate of drug-likeness (QED) is 0.892. The summed E-state index contributed by atoms with van der Waals surface area (Å²) >= 11 is 1.69. The Kier molecular flexibility index (Phi) is 3.80. The number of methoxy groups -OCH3 is 1. The Morgan fingerprint density at radius 1 is 1.44 bits per heavy atom. The minimum absolute atomic E-state index is 0.238. The Labute approximate surface area is 111 Å². The monoisotopic (exact) mass is 268 g/mol. The van der Waals surface area contributed by atoms with Gasteiger partial charge < -0.3 is 10.1 Å². The van der Waals surface area contributed by atoms with E-state index >= 15 is 0 Å².